The van der Waals surface area contributed by atoms with Crippen LogP contribution in [0, 0.1) is 5.92 Å². The Morgan fingerprint density at radius 2 is 1.55 bits per heavy atom. The van der Waals surface area contributed by atoms with Crippen molar-refractivity contribution in [2.24, 2.45) is 5.92 Å². The maximum absolute atomic E-state index is 11.4. The van der Waals surface area contributed by atoms with Gasteiger partial charge in [0.1, 0.15) is 30.8 Å². The van der Waals surface area contributed by atoms with Crippen molar-refractivity contribution in [3.63, 3.8) is 0 Å². The van der Waals surface area contributed by atoms with Crippen LogP contribution in [0.15, 0.2) is 24.3 Å². The number of hydrogen-bond acceptors (Lipinski definition) is 7. The zero-order valence-electron chi connectivity index (χ0n) is 18.0. The number of carbonyl (C=O) groups is 2. The van der Waals surface area contributed by atoms with E-state index < -0.39 is 30.0 Å². The van der Waals surface area contributed by atoms with Crippen LogP contribution >= 0.6 is 0 Å². The molecule has 0 aliphatic heterocycles. The molecule has 2 rings (SSSR count). The van der Waals surface area contributed by atoms with Crippen LogP contribution in [0.3, 0.4) is 0 Å². The third kappa shape index (κ3) is 8.35. The molecule has 174 valence electrons. The van der Waals surface area contributed by atoms with Gasteiger partial charge in [-0.2, -0.15) is 0 Å². The van der Waals surface area contributed by atoms with Crippen molar-refractivity contribution < 1.29 is 39.1 Å². The Morgan fingerprint density at radius 1 is 1.00 bits per heavy atom. The predicted octanol–water partition coefficient (Wildman–Crippen LogP) is 1.92. The Balaban J connectivity index is 1.82. The van der Waals surface area contributed by atoms with Gasteiger partial charge in [-0.1, -0.05) is 26.7 Å². The quantitative estimate of drug-likeness (QED) is 0.253. The fourth-order valence-electron chi connectivity index (χ4n) is 3.57. The van der Waals surface area contributed by atoms with E-state index in [9.17, 15) is 24.9 Å². The number of carboxylic acid groups (broad SMARTS) is 2. The first-order chi connectivity index (χ1) is 14.8. The number of aliphatic hydroxyl groups is 1. The molecule has 9 nitrogen and oxygen atoms in total. The molecule has 0 bridgehead atoms. The smallest absolute Gasteiger partial charge is 0.319 e. The Kier molecular flexibility index (Phi) is 10.0. The van der Waals surface area contributed by atoms with E-state index in [-0.39, 0.29) is 12.6 Å². The van der Waals surface area contributed by atoms with Gasteiger partial charge in [-0.25, -0.2) is 0 Å². The van der Waals surface area contributed by atoms with Gasteiger partial charge in [0.05, 0.1) is 18.8 Å². The zero-order valence-corrected chi connectivity index (χ0v) is 18.0. The van der Waals surface area contributed by atoms with Gasteiger partial charge in [0, 0.05) is 6.04 Å². The normalized spacial score (nSPS) is 16.4. The Hall–Kier alpha value is -2.36. The van der Waals surface area contributed by atoms with Gasteiger partial charge in [0.25, 0.3) is 0 Å². The molecule has 1 aromatic carbocycles. The van der Waals surface area contributed by atoms with Crippen LogP contribution in [0.4, 0.5) is 0 Å². The van der Waals surface area contributed by atoms with Crippen LogP contribution in [-0.4, -0.2) is 71.4 Å². The summed E-state index contributed by atoms with van der Waals surface area (Å²) in [5.74, 6) is -3.76. The fourth-order valence-corrected chi connectivity index (χ4v) is 3.57. The topological polar surface area (TPSA) is 135 Å². The number of nitrogens with one attached hydrogen (secondary N) is 1. The number of ether oxygens (including phenoxy) is 3. The molecule has 1 fully saturated rings. The molecule has 0 saturated heterocycles. The second kappa shape index (κ2) is 12.5. The minimum atomic E-state index is -1.80. The first kappa shape index (κ1) is 24.9. The summed E-state index contributed by atoms with van der Waals surface area (Å²) in [5.41, 5.74) is 0. The number of carboxylic acids is 2. The standard InChI is InChI=1S/C22H33NO8/c1-14(2)23-20(19(21(25)26)22(27)28)18(24)13-31-17-9-7-16(8-10-17)30-12-11-29-15-5-3-4-6-15/h7-10,14-15,18-20,23-24H,3-6,11-13H2,1-2H3,(H,25,26)(H,27,28). The molecule has 0 spiro atoms. The van der Waals surface area contributed by atoms with Gasteiger partial charge >= 0.3 is 11.9 Å². The lowest BCUT2D eigenvalue weighted by atomic mass is 9.94. The average Bonchev–Trinajstić information content (AvgIpc) is 3.22. The van der Waals surface area contributed by atoms with E-state index >= 15 is 0 Å². The molecule has 1 aliphatic carbocycles. The van der Waals surface area contributed by atoms with E-state index in [2.05, 4.69) is 5.32 Å². The lowest BCUT2D eigenvalue weighted by Crippen LogP contribution is -2.54. The third-order valence-electron chi connectivity index (χ3n) is 5.08. The lowest BCUT2D eigenvalue weighted by molar-refractivity contribution is -0.158. The van der Waals surface area contributed by atoms with E-state index in [1.165, 1.54) is 12.8 Å². The molecule has 1 saturated carbocycles. The van der Waals surface area contributed by atoms with E-state index in [4.69, 9.17) is 14.2 Å². The van der Waals surface area contributed by atoms with E-state index in [0.717, 1.165) is 12.8 Å². The maximum atomic E-state index is 11.4. The van der Waals surface area contributed by atoms with Crippen molar-refractivity contribution >= 4 is 11.9 Å². The highest BCUT2D eigenvalue weighted by molar-refractivity contribution is 5.93. The second-order valence-corrected chi connectivity index (χ2v) is 7.98. The summed E-state index contributed by atoms with van der Waals surface area (Å²) < 4.78 is 16.9. The number of aliphatic hydroxyl groups excluding tert-OH is 1. The Morgan fingerprint density at radius 3 is 2.06 bits per heavy atom. The fraction of sp³-hybridized carbons (Fsp3) is 0.636. The van der Waals surface area contributed by atoms with Crippen molar-refractivity contribution in [1.29, 1.82) is 0 Å². The Bertz CT molecular complexity index is 673. The molecule has 0 amide bonds. The highest BCUT2D eigenvalue weighted by atomic mass is 16.5. The average molecular weight is 440 g/mol. The molecule has 4 N–H and O–H groups in total. The summed E-state index contributed by atoms with van der Waals surface area (Å²) in [6.07, 6.45) is 3.69. The summed E-state index contributed by atoms with van der Waals surface area (Å²) in [5, 5.41) is 31.7. The minimum Gasteiger partial charge on any atom is -0.491 e. The number of rotatable bonds is 14. The van der Waals surface area contributed by atoms with Crippen LogP contribution in [-0.2, 0) is 14.3 Å². The van der Waals surface area contributed by atoms with Crippen LogP contribution in [0.5, 0.6) is 11.5 Å². The first-order valence-electron chi connectivity index (χ1n) is 10.6. The van der Waals surface area contributed by atoms with Gasteiger partial charge in [0.15, 0.2) is 5.92 Å². The molecule has 2 atom stereocenters. The van der Waals surface area contributed by atoms with Crippen LogP contribution < -0.4 is 14.8 Å². The van der Waals surface area contributed by atoms with E-state index in [0.29, 0.717) is 30.8 Å². The Labute approximate surface area is 182 Å². The van der Waals surface area contributed by atoms with Crippen molar-refractivity contribution in [3.8, 4) is 11.5 Å². The monoisotopic (exact) mass is 439 g/mol. The van der Waals surface area contributed by atoms with E-state index in [1.54, 1.807) is 38.1 Å². The van der Waals surface area contributed by atoms with Crippen LogP contribution in [0.1, 0.15) is 39.5 Å². The molecule has 31 heavy (non-hydrogen) atoms. The molecule has 0 radical (unpaired) electrons. The highest BCUT2D eigenvalue weighted by Gasteiger charge is 2.39. The summed E-state index contributed by atoms with van der Waals surface area (Å²) in [6, 6.07) is 5.33. The largest absolute Gasteiger partial charge is 0.491 e. The molecular weight excluding hydrogens is 406 g/mol. The maximum Gasteiger partial charge on any atom is 0.319 e. The second-order valence-electron chi connectivity index (χ2n) is 7.98. The molecule has 0 aromatic heterocycles. The summed E-state index contributed by atoms with van der Waals surface area (Å²) in [4.78, 5) is 22.7. The van der Waals surface area contributed by atoms with Crippen molar-refractivity contribution in [2.45, 2.75) is 63.8 Å². The molecular formula is C22H33NO8. The first-order valence-corrected chi connectivity index (χ1v) is 10.6. The van der Waals surface area contributed by atoms with Crippen molar-refractivity contribution in [3.05, 3.63) is 24.3 Å². The number of benzene rings is 1. The molecule has 1 aromatic rings. The molecule has 1 aliphatic rings. The minimum absolute atomic E-state index is 0.227. The highest BCUT2D eigenvalue weighted by Crippen LogP contribution is 2.21. The van der Waals surface area contributed by atoms with Crippen LogP contribution in [0.25, 0.3) is 0 Å². The van der Waals surface area contributed by atoms with Gasteiger partial charge < -0.3 is 34.8 Å². The van der Waals surface area contributed by atoms with Crippen LogP contribution in [0.2, 0.25) is 0 Å². The van der Waals surface area contributed by atoms with Crippen molar-refractivity contribution in [2.75, 3.05) is 19.8 Å². The number of hydrogen-bond donors (Lipinski definition) is 4. The zero-order chi connectivity index (χ0) is 22.8. The SMILES string of the molecule is CC(C)NC(C(O)COc1ccc(OCCOC2CCCC2)cc1)C(C(=O)O)C(=O)O. The van der Waals surface area contributed by atoms with E-state index in [1.807, 2.05) is 0 Å². The molecule has 9 heteroatoms. The summed E-state index contributed by atoms with van der Waals surface area (Å²) in [6.45, 7) is 4.19. The lowest BCUT2D eigenvalue weighted by Gasteiger charge is -2.29. The van der Waals surface area contributed by atoms with Gasteiger partial charge in [0.2, 0.25) is 0 Å². The van der Waals surface area contributed by atoms with Gasteiger partial charge in [-0.05, 0) is 37.1 Å². The number of aliphatic carboxylic acids is 2. The summed E-state index contributed by atoms with van der Waals surface area (Å²) >= 11 is 0. The van der Waals surface area contributed by atoms with Crippen molar-refractivity contribution in [1.82, 2.24) is 5.32 Å². The summed E-state index contributed by atoms with van der Waals surface area (Å²) in [7, 11) is 0. The van der Waals surface area contributed by atoms with Gasteiger partial charge in [-0.15, -0.1) is 0 Å². The molecule has 0 heterocycles. The van der Waals surface area contributed by atoms with Gasteiger partial charge in [-0.3, -0.25) is 9.59 Å². The third-order valence-corrected chi connectivity index (χ3v) is 5.08. The predicted molar refractivity (Wildman–Crippen MR) is 112 cm³/mol. The molecule has 2 unspecified atom stereocenters.